The molecule has 7 heteroatoms. The van der Waals surface area contributed by atoms with Crippen molar-refractivity contribution >= 4 is 23.3 Å². The number of aromatic nitrogens is 4. The van der Waals surface area contributed by atoms with Crippen LogP contribution in [0.2, 0.25) is 5.02 Å². The van der Waals surface area contributed by atoms with Gasteiger partial charge in [-0.2, -0.15) is 10.2 Å². The van der Waals surface area contributed by atoms with Gasteiger partial charge in [-0.15, -0.1) is 0 Å². The molecule has 0 spiro atoms. The first-order valence-electron chi connectivity index (χ1n) is 8.52. The number of nitrogens with one attached hydrogen (secondary N) is 1. The predicted molar refractivity (Wildman–Crippen MR) is 102 cm³/mol. The summed E-state index contributed by atoms with van der Waals surface area (Å²) in [6, 6.07) is 12.0. The first-order chi connectivity index (χ1) is 12.4. The highest BCUT2D eigenvalue weighted by Crippen LogP contribution is 2.19. The Kier molecular flexibility index (Phi) is 5.42. The summed E-state index contributed by atoms with van der Waals surface area (Å²) in [4.78, 5) is 12.2. The zero-order valence-electron chi connectivity index (χ0n) is 15.2. The Labute approximate surface area is 157 Å². The normalized spacial score (nSPS) is 10.9. The highest BCUT2D eigenvalue weighted by molar-refractivity contribution is 6.31. The SMILES string of the molecule is Cc1nn(CCC(=O)Nc2cc(C)n(Cc3ccccc3)n2)c(C)c1Cl. The van der Waals surface area contributed by atoms with E-state index in [4.69, 9.17) is 11.6 Å². The molecule has 3 aromatic rings. The number of benzene rings is 1. The van der Waals surface area contributed by atoms with Gasteiger partial charge in [-0.25, -0.2) is 0 Å². The van der Waals surface area contributed by atoms with Gasteiger partial charge in [0.15, 0.2) is 5.82 Å². The standard InChI is InChI=1S/C19H22ClN5O/c1-13-11-17(23-25(13)12-16-7-5-4-6-8-16)21-18(26)9-10-24-15(3)19(20)14(2)22-24/h4-8,11H,9-10,12H2,1-3H3,(H,21,23,26). The molecule has 3 rings (SSSR count). The fraction of sp³-hybridized carbons (Fsp3) is 0.316. The van der Waals surface area contributed by atoms with Crippen molar-refractivity contribution in [2.45, 2.75) is 40.3 Å². The zero-order valence-corrected chi connectivity index (χ0v) is 15.9. The highest BCUT2D eigenvalue weighted by atomic mass is 35.5. The monoisotopic (exact) mass is 371 g/mol. The van der Waals surface area contributed by atoms with E-state index in [9.17, 15) is 4.79 Å². The maximum absolute atomic E-state index is 12.2. The van der Waals surface area contributed by atoms with Crippen LogP contribution >= 0.6 is 11.6 Å². The first-order valence-corrected chi connectivity index (χ1v) is 8.89. The molecule has 0 aliphatic heterocycles. The van der Waals surface area contributed by atoms with Crippen molar-refractivity contribution in [1.82, 2.24) is 19.6 Å². The number of aryl methyl sites for hydroxylation is 3. The van der Waals surface area contributed by atoms with E-state index in [0.29, 0.717) is 30.4 Å². The van der Waals surface area contributed by atoms with E-state index in [-0.39, 0.29) is 5.91 Å². The van der Waals surface area contributed by atoms with Gasteiger partial charge in [-0.05, 0) is 26.3 Å². The Hall–Kier alpha value is -2.60. The number of nitrogens with zero attached hydrogens (tertiary/aromatic N) is 4. The quantitative estimate of drug-likeness (QED) is 0.717. The largest absolute Gasteiger partial charge is 0.309 e. The maximum atomic E-state index is 12.2. The number of halogens is 1. The molecule has 136 valence electrons. The molecule has 2 heterocycles. The van der Waals surface area contributed by atoms with Crippen molar-refractivity contribution in [2.75, 3.05) is 5.32 Å². The molecule has 2 aromatic heterocycles. The van der Waals surface area contributed by atoms with Gasteiger partial charge >= 0.3 is 0 Å². The predicted octanol–water partition coefficient (Wildman–Crippen LogP) is 3.74. The number of hydrogen-bond acceptors (Lipinski definition) is 3. The van der Waals surface area contributed by atoms with Gasteiger partial charge in [0.05, 0.1) is 29.5 Å². The minimum Gasteiger partial charge on any atom is -0.309 e. The molecule has 0 aliphatic rings. The van der Waals surface area contributed by atoms with E-state index in [0.717, 1.165) is 22.6 Å². The average Bonchev–Trinajstić information content (AvgIpc) is 3.08. The molecular formula is C19H22ClN5O. The second kappa shape index (κ2) is 7.74. The molecule has 0 bridgehead atoms. The molecule has 0 saturated heterocycles. The van der Waals surface area contributed by atoms with Crippen molar-refractivity contribution in [3.05, 3.63) is 64.1 Å². The summed E-state index contributed by atoms with van der Waals surface area (Å²) in [6.07, 6.45) is 0.308. The number of rotatable bonds is 6. The third kappa shape index (κ3) is 4.14. The summed E-state index contributed by atoms with van der Waals surface area (Å²) >= 11 is 6.13. The highest BCUT2D eigenvalue weighted by Gasteiger charge is 2.12. The Morgan fingerprint density at radius 1 is 1.12 bits per heavy atom. The van der Waals surface area contributed by atoms with E-state index in [1.165, 1.54) is 0 Å². The molecule has 6 nitrogen and oxygen atoms in total. The van der Waals surface area contributed by atoms with Gasteiger partial charge in [-0.3, -0.25) is 14.2 Å². The molecule has 0 radical (unpaired) electrons. The second-order valence-corrected chi connectivity index (χ2v) is 6.70. The topological polar surface area (TPSA) is 64.7 Å². The van der Waals surface area contributed by atoms with Crippen LogP contribution in [0.5, 0.6) is 0 Å². The Bertz CT molecular complexity index is 914. The number of amides is 1. The third-order valence-corrected chi connectivity index (χ3v) is 4.81. The van der Waals surface area contributed by atoms with Crippen LogP contribution in [0.25, 0.3) is 0 Å². The molecule has 26 heavy (non-hydrogen) atoms. The molecular weight excluding hydrogens is 350 g/mol. The average molecular weight is 372 g/mol. The molecule has 1 aromatic carbocycles. The first kappa shape index (κ1) is 18.2. The number of carbonyl (C=O) groups excluding carboxylic acids is 1. The van der Waals surface area contributed by atoms with Crippen LogP contribution in [-0.4, -0.2) is 25.5 Å². The van der Waals surface area contributed by atoms with Crippen LogP contribution < -0.4 is 5.32 Å². The van der Waals surface area contributed by atoms with Gasteiger partial charge in [-0.1, -0.05) is 41.9 Å². The lowest BCUT2D eigenvalue weighted by Gasteiger charge is -2.05. The number of carbonyl (C=O) groups is 1. The lowest BCUT2D eigenvalue weighted by atomic mass is 10.2. The van der Waals surface area contributed by atoms with E-state index in [2.05, 4.69) is 27.6 Å². The molecule has 0 unspecified atom stereocenters. The molecule has 0 fully saturated rings. The fourth-order valence-corrected chi connectivity index (χ4v) is 2.93. The van der Waals surface area contributed by atoms with Gasteiger partial charge in [0.25, 0.3) is 0 Å². The lowest BCUT2D eigenvalue weighted by molar-refractivity contribution is -0.116. The Morgan fingerprint density at radius 2 is 1.85 bits per heavy atom. The van der Waals surface area contributed by atoms with Gasteiger partial charge < -0.3 is 5.32 Å². The fourth-order valence-electron chi connectivity index (χ4n) is 2.79. The minimum absolute atomic E-state index is 0.0990. The van der Waals surface area contributed by atoms with Crippen LogP contribution in [0, 0.1) is 20.8 Å². The van der Waals surface area contributed by atoms with Gasteiger partial charge in [0.1, 0.15) is 0 Å². The van der Waals surface area contributed by atoms with Crippen LogP contribution in [0.4, 0.5) is 5.82 Å². The summed E-state index contributed by atoms with van der Waals surface area (Å²) in [5, 5.41) is 12.3. The summed E-state index contributed by atoms with van der Waals surface area (Å²) in [5.74, 6) is 0.466. The lowest BCUT2D eigenvalue weighted by Crippen LogP contribution is -2.16. The maximum Gasteiger partial charge on any atom is 0.227 e. The summed E-state index contributed by atoms with van der Waals surface area (Å²) in [7, 11) is 0. The molecule has 1 N–H and O–H groups in total. The van der Waals surface area contributed by atoms with Crippen molar-refractivity contribution in [2.24, 2.45) is 0 Å². The Balaban J connectivity index is 1.59. The van der Waals surface area contributed by atoms with Gasteiger partial charge in [0.2, 0.25) is 5.91 Å². The molecule has 1 amide bonds. The van der Waals surface area contributed by atoms with Crippen LogP contribution in [0.1, 0.15) is 29.1 Å². The zero-order chi connectivity index (χ0) is 18.7. The van der Waals surface area contributed by atoms with Crippen LogP contribution in [0.3, 0.4) is 0 Å². The van der Waals surface area contributed by atoms with Crippen LogP contribution in [0.15, 0.2) is 36.4 Å². The van der Waals surface area contributed by atoms with E-state index in [1.807, 2.05) is 49.7 Å². The summed E-state index contributed by atoms with van der Waals surface area (Å²) in [5.41, 5.74) is 3.81. The summed E-state index contributed by atoms with van der Waals surface area (Å²) < 4.78 is 3.64. The van der Waals surface area contributed by atoms with Crippen molar-refractivity contribution in [3.63, 3.8) is 0 Å². The van der Waals surface area contributed by atoms with Crippen LogP contribution in [-0.2, 0) is 17.9 Å². The molecule has 0 atom stereocenters. The van der Waals surface area contributed by atoms with Crippen molar-refractivity contribution < 1.29 is 4.79 Å². The number of anilines is 1. The van der Waals surface area contributed by atoms with Crippen molar-refractivity contribution in [3.8, 4) is 0 Å². The third-order valence-electron chi connectivity index (χ3n) is 4.27. The number of hydrogen-bond donors (Lipinski definition) is 1. The minimum atomic E-state index is -0.0990. The molecule has 0 aliphatic carbocycles. The van der Waals surface area contributed by atoms with E-state index < -0.39 is 0 Å². The van der Waals surface area contributed by atoms with E-state index in [1.54, 1.807) is 4.68 Å². The Morgan fingerprint density at radius 3 is 2.50 bits per heavy atom. The van der Waals surface area contributed by atoms with Crippen molar-refractivity contribution in [1.29, 1.82) is 0 Å². The smallest absolute Gasteiger partial charge is 0.227 e. The van der Waals surface area contributed by atoms with Gasteiger partial charge in [0, 0.05) is 18.2 Å². The van der Waals surface area contributed by atoms with E-state index >= 15 is 0 Å². The summed E-state index contributed by atoms with van der Waals surface area (Å²) in [6.45, 7) is 6.88. The molecule has 0 saturated carbocycles. The second-order valence-electron chi connectivity index (χ2n) is 6.32.